The Kier molecular flexibility index (Phi) is 3.10. The molecular formula is C6H8N2Ni. The van der Waals surface area contributed by atoms with Gasteiger partial charge in [-0.3, -0.25) is 0 Å². The van der Waals surface area contributed by atoms with Gasteiger partial charge in [0.2, 0.25) is 0 Å². The van der Waals surface area contributed by atoms with Gasteiger partial charge in [-0.15, -0.1) is 0 Å². The number of hydrogen-bond donors (Lipinski definition) is 2. The number of nitrogen functional groups attached to an aromatic ring is 2. The SMILES string of the molecule is Nc1ccc(N)cc1.[Ni]. The third-order valence-corrected chi connectivity index (χ3v) is 0.936. The van der Waals surface area contributed by atoms with Crippen molar-refractivity contribution >= 4 is 11.4 Å². The summed E-state index contributed by atoms with van der Waals surface area (Å²) in [4.78, 5) is 0. The predicted molar refractivity (Wildman–Crippen MR) is 35.3 cm³/mol. The predicted octanol–water partition coefficient (Wildman–Crippen LogP) is 0.849. The summed E-state index contributed by atoms with van der Waals surface area (Å²) in [5, 5.41) is 0. The van der Waals surface area contributed by atoms with E-state index >= 15 is 0 Å². The van der Waals surface area contributed by atoms with Gasteiger partial charge in [0.25, 0.3) is 0 Å². The van der Waals surface area contributed by atoms with Crippen LogP contribution in [-0.2, 0) is 16.5 Å². The van der Waals surface area contributed by atoms with Crippen LogP contribution >= 0.6 is 0 Å². The number of benzene rings is 1. The molecule has 0 aliphatic carbocycles. The van der Waals surface area contributed by atoms with Crippen LogP contribution < -0.4 is 11.5 Å². The topological polar surface area (TPSA) is 52.0 Å². The number of anilines is 2. The van der Waals surface area contributed by atoms with Crippen molar-refractivity contribution < 1.29 is 16.5 Å². The van der Waals surface area contributed by atoms with E-state index in [1.807, 2.05) is 0 Å². The number of hydrogen-bond acceptors (Lipinski definition) is 2. The molecule has 0 aromatic heterocycles. The third-order valence-electron chi connectivity index (χ3n) is 0.936. The summed E-state index contributed by atoms with van der Waals surface area (Å²) >= 11 is 0. The second-order valence-corrected chi connectivity index (χ2v) is 1.67. The van der Waals surface area contributed by atoms with Crippen LogP contribution in [0, 0.1) is 0 Å². The Morgan fingerprint density at radius 3 is 1.22 bits per heavy atom. The maximum absolute atomic E-state index is 5.37. The Hall–Kier alpha value is -0.686. The van der Waals surface area contributed by atoms with Gasteiger partial charge in [0.15, 0.2) is 0 Å². The van der Waals surface area contributed by atoms with E-state index in [-0.39, 0.29) is 16.5 Å². The molecule has 2 nitrogen and oxygen atoms in total. The first-order chi connectivity index (χ1) is 3.79. The minimum absolute atomic E-state index is 0. The molecule has 0 bridgehead atoms. The van der Waals surface area contributed by atoms with Gasteiger partial charge in [0, 0.05) is 27.9 Å². The maximum Gasteiger partial charge on any atom is 0.0315 e. The molecule has 0 spiro atoms. The van der Waals surface area contributed by atoms with E-state index in [9.17, 15) is 0 Å². The average Bonchev–Trinajstić information content (AvgIpc) is 1.77. The summed E-state index contributed by atoms with van der Waals surface area (Å²) in [6.45, 7) is 0. The van der Waals surface area contributed by atoms with E-state index in [0.717, 1.165) is 11.4 Å². The van der Waals surface area contributed by atoms with Gasteiger partial charge in [0.1, 0.15) is 0 Å². The van der Waals surface area contributed by atoms with Crippen molar-refractivity contribution in [1.29, 1.82) is 0 Å². The fraction of sp³-hybridized carbons (Fsp3) is 0. The monoisotopic (exact) mass is 166 g/mol. The molecule has 0 unspecified atom stereocenters. The van der Waals surface area contributed by atoms with Crippen molar-refractivity contribution in [3.8, 4) is 0 Å². The van der Waals surface area contributed by atoms with Crippen molar-refractivity contribution in [2.75, 3.05) is 11.5 Å². The Bertz CT molecular complexity index is 150. The molecule has 0 atom stereocenters. The third kappa shape index (κ3) is 2.38. The smallest absolute Gasteiger partial charge is 0.0315 e. The Balaban J connectivity index is 0.000000640. The fourth-order valence-electron chi connectivity index (χ4n) is 0.496. The number of nitrogens with two attached hydrogens (primary N) is 2. The zero-order valence-electron chi connectivity index (χ0n) is 4.78. The zero-order chi connectivity index (χ0) is 5.98. The van der Waals surface area contributed by atoms with Gasteiger partial charge >= 0.3 is 0 Å². The minimum Gasteiger partial charge on any atom is -0.399 e. The maximum atomic E-state index is 5.37. The summed E-state index contributed by atoms with van der Waals surface area (Å²) in [6, 6.07) is 7.09. The first-order valence-electron chi connectivity index (χ1n) is 2.40. The van der Waals surface area contributed by atoms with Gasteiger partial charge < -0.3 is 11.5 Å². The van der Waals surface area contributed by atoms with Crippen LogP contribution in [0.4, 0.5) is 11.4 Å². The first-order valence-corrected chi connectivity index (χ1v) is 2.40. The normalized spacial score (nSPS) is 8.00. The van der Waals surface area contributed by atoms with E-state index in [0.29, 0.717) is 0 Å². The average molecular weight is 167 g/mol. The van der Waals surface area contributed by atoms with Crippen LogP contribution in [0.3, 0.4) is 0 Å². The molecule has 52 valence electrons. The molecule has 4 N–H and O–H groups in total. The molecule has 0 saturated carbocycles. The van der Waals surface area contributed by atoms with Crippen LogP contribution in [0.5, 0.6) is 0 Å². The molecular weight excluding hydrogens is 159 g/mol. The molecule has 1 aromatic carbocycles. The van der Waals surface area contributed by atoms with Crippen LogP contribution in [0.25, 0.3) is 0 Å². The molecule has 0 fully saturated rings. The van der Waals surface area contributed by atoms with Crippen molar-refractivity contribution in [3.05, 3.63) is 24.3 Å². The Morgan fingerprint density at radius 2 is 1.00 bits per heavy atom. The van der Waals surface area contributed by atoms with Crippen molar-refractivity contribution in [2.45, 2.75) is 0 Å². The van der Waals surface area contributed by atoms with E-state index in [1.165, 1.54) is 0 Å². The standard InChI is InChI=1S/C6H8N2.Ni/c7-5-1-2-6(8)4-3-5;/h1-4H,7-8H2;. The summed E-state index contributed by atoms with van der Waals surface area (Å²) < 4.78 is 0. The second-order valence-electron chi connectivity index (χ2n) is 1.67. The minimum atomic E-state index is 0. The van der Waals surface area contributed by atoms with Crippen molar-refractivity contribution in [3.63, 3.8) is 0 Å². The molecule has 0 aliphatic rings. The summed E-state index contributed by atoms with van der Waals surface area (Å²) in [5.41, 5.74) is 12.2. The van der Waals surface area contributed by atoms with E-state index in [1.54, 1.807) is 24.3 Å². The Labute approximate surface area is 64.2 Å². The van der Waals surface area contributed by atoms with Crippen LogP contribution in [0.1, 0.15) is 0 Å². The molecule has 9 heavy (non-hydrogen) atoms. The van der Waals surface area contributed by atoms with E-state index < -0.39 is 0 Å². The summed E-state index contributed by atoms with van der Waals surface area (Å²) in [5.74, 6) is 0. The summed E-state index contributed by atoms with van der Waals surface area (Å²) in [6.07, 6.45) is 0. The first kappa shape index (κ1) is 8.31. The van der Waals surface area contributed by atoms with Gasteiger partial charge in [-0.05, 0) is 24.3 Å². The molecule has 0 aliphatic heterocycles. The molecule has 0 saturated heterocycles. The number of rotatable bonds is 0. The molecule has 0 radical (unpaired) electrons. The second kappa shape index (κ2) is 3.36. The van der Waals surface area contributed by atoms with Gasteiger partial charge in [-0.1, -0.05) is 0 Å². The summed E-state index contributed by atoms with van der Waals surface area (Å²) in [7, 11) is 0. The van der Waals surface area contributed by atoms with Gasteiger partial charge in [0.05, 0.1) is 0 Å². The van der Waals surface area contributed by atoms with Crippen LogP contribution in [-0.4, -0.2) is 0 Å². The van der Waals surface area contributed by atoms with E-state index in [4.69, 9.17) is 11.5 Å². The van der Waals surface area contributed by atoms with Crippen LogP contribution in [0.15, 0.2) is 24.3 Å². The molecule has 1 aromatic rings. The van der Waals surface area contributed by atoms with Crippen molar-refractivity contribution in [1.82, 2.24) is 0 Å². The molecule has 0 amide bonds. The van der Waals surface area contributed by atoms with Gasteiger partial charge in [-0.25, -0.2) is 0 Å². The van der Waals surface area contributed by atoms with Crippen molar-refractivity contribution in [2.24, 2.45) is 0 Å². The fourth-order valence-corrected chi connectivity index (χ4v) is 0.496. The molecule has 0 heterocycles. The Morgan fingerprint density at radius 1 is 0.778 bits per heavy atom. The zero-order valence-corrected chi connectivity index (χ0v) is 5.77. The molecule has 3 heteroatoms. The quantitative estimate of drug-likeness (QED) is 0.444. The molecule has 1 rings (SSSR count). The van der Waals surface area contributed by atoms with Crippen LogP contribution in [0.2, 0.25) is 0 Å². The van der Waals surface area contributed by atoms with Gasteiger partial charge in [-0.2, -0.15) is 0 Å². The largest absolute Gasteiger partial charge is 0.399 e. The van der Waals surface area contributed by atoms with E-state index in [2.05, 4.69) is 0 Å².